The van der Waals surface area contributed by atoms with Crippen LogP contribution in [0.4, 0.5) is 22.1 Å². The average molecular weight is 487 g/mol. The van der Waals surface area contributed by atoms with Gasteiger partial charge in [-0.15, -0.1) is 10.2 Å². The van der Waals surface area contributed by atoms with Gasteiger partial charge in [-0.25, -0.2) is 9.48 Å². The molecule has 0 saturated heterocycles. The molecule has 3 aromatic carbocycles. The first-order chi connectivity index (χ1) is 18.1. The second-order valence-corrected chi connectivity index (χ2v) is 8.22. The van der Waals surface area contributed by atoms with Crippen molar-refractivity contribution in [3.05, 3.63) is 114 Å². The molecule has 5 rings (SSSR count). The van der Waals surface area contributed by atoms with Gasteiger partial charge in [0, 0.05) is 11.3 Å². The number of carbonyl (C=O) groups is 1. The van der Waals surface area contributed by atoms with E-state index in [9.17, 15) is 4.79 Å². The fraction of sp³-hybridized carbons (Fsp3) is 0.0357. The van der Waals surface area contributed by atoms with Crippen LogP contribution in [-0.2, 0) is 6.42 Å². The van der Waals surface area contributed by atoms with Gasteiger partial charge in [0.2, 0.25) is 0 Å². The molecule has 5 aromatic rings. The smallest absolute Gasteiger partial charge is 0.324 e. The number of nitrogen functional groups attached to an aromatic ring is 1. The van der Waals surface area contributed by atoms with Crippen LogP contribution in [0.5, 0.6) is 0 Å². The molecule has 0 aliphatic rings. The quantitative estimate of drug-likeness (QED) is 0.309. The third-order valence-electron chi connectivity index (χ3n) is 5.74. The molecule has 2 amide bonds. The first-order valence-electron chi connectivity index (χ1n) is 11.5. The van der Waals surface area contributed by atoms with Crippen LogP contribution in [-0.4, -0.2) is 26.0 Å². The van der Waals surface area contributed by atoms with Gasteiger partial charge in [-0.2, -0.15) is 10.4 Å². The molecule has 0 atom stereocenters. The molecule has 37 heavy (non-hydrogen) atoms. The number of para-hydroxylation sites is 1. The molecule has 9 heteroatoms. The minimum atomic E-state index is -0.410. The second-order valence-electron chi connectivity index (χ2n) is 8.22. The molecular formula is C28H22N8O. The standard InChI is InChI=1S/C28H22N8O/c29-17-22-18-31-36(27(22)30)23-12-10-19(11-13-23)16-21-8-4-5-9-24(21)32-28(37)33-26-15-14-25(34-35-26)20-6-2-1-3-7-20/h1-15,18H,16,30H2,(H2,32,33,35,37). The Labute approximate surface area is 213 Å². The molecule has 0 unspecified atom stereocenters. The van der Waals surface area contributed by atoms with E-state index in [0.717, 1.165) is 28.1 Å². The minimum Gasteiger partial charge on any atom is -0.382 e. The number of rotatable bonds is 6. The zero-order chi connectivity index (χ0) is 25.6. The molecule has 4 N–H and O–H groups in total. The Morgan fingerprint density at radius 3 is 2.35 bits per heavy atom. The maximum absolute atomic E-state index is 12.7. The summed E-state index contributed by atoms with van der Waals surface area (Å²) < 4.78 is 1.53. The lowest BCUT2D eigenvalue weighted by Gasteiger charge is -2.12. The van der Waals surface area contributed by atoms with Gasteiger partial charge in [0.25, 0.3) is 0 Å². The summed E-state index contributed by atoms with van der Waals surface area (Å²) in [6, 6.07) is 30.1. The van der Waals surface area contributed by atoms with Crippen LogP contribution in [0.15, 0.2) is 97.2 Å². The van der Waals surface area contributed by atoms with Crippen LogP contribution in [0.1, 0.15) is 16.7 Å². The Morgan fingerprint density at radius 2 is 1.65 bits per heavy atom. The molecule has 0 bridgehead atoms. The lowest BCUT2D eigenvalue weighted by Crippen LogP contribution is -2.21. The second kappa shape index (κ2) is 10.4. The highest BCUT2D eigenvalue weighted by Crippen LogP contribution is 2.22. The van der Waals surface area contributed by atoms with Crippen LogP contribution in [0.25, 0.3) is 16.9 Å². The van der Waals surface area contributed by atoms with E-state index >= 15 is 0 Å². The number of carbonyl (C=O) groups excluding carboxylic acids is 1. The lowest BCUT2D eigenvalue weighted by atomic mass is 10.0. The summed E-state index contributed by atoms with van der Waals surface area (Å²) in [5, 5.41) is 27.2. The van der Waals surface area contributed by atoms with E-state index in [1.807, 2.05) is 91.0 Å². The van der Waals surface area contributed by atoms with E-state index < -0.39 is 6.03 Å². The molecule has 180 valence electrons. The summed E-state index contributed by atoms with van der Waals surface area (Å²) in [5.74, 6) is 0.651. The fourth-order valence-electron chi connectivity index (χ4n) is 3.85. The molecule has 0 fully saturated rings. The van der Waals surface area contributed by atoms with Crippen LogP contribution in [0.3, 0.4) is 0 Å². The molecule has 0 spiro atoms. The van der Waals surface area contributed by atoms with Crippen molar-refractivity contribution >= 4 is 23.4 Å². The number of nitrogens with one attached hydrogen (secondary N) is 2. The van der Waals surface area contributed by atoms with Crippen molar-refractivity contribution in [3.8, 4) is 23.0 Å². The van der Waals surface area contributed by atoms with Crippen molar-refractivity contribution in [2.24, 2.45) is 0 Å². The van der Waals surface area contributed by atoms with Crippen molar-refractivity contribution in [2.45, 2.75) is 6.42 Å². The molecule has 2 heterocycles. The number of nitrogens with two attached hydrogens (primary N) is 1. The van der Waals surface area contributed by atoms with Gasteiger partial charge in [-0.3, -0.25) is 5.32 Å². The van der Waals surface area contributed by atoms with Gasteiger partial charge >= 0.3 is 6.03 Å². The Hall–Kier alpha value is -5.49. The SMILES string of the molecule is N#Cc1cnn(-c2ccc(Cc3ccccc3NC(=O)Nc3ccc(-c4ccccc4)nn3)cc2)c1N. The van der Waals surface area contributed by atoms with Gasteiger partial charge in [0.15, 0.2) is 5.82 Å². The molecule has 0 aliphatic heterocycles. The van der Waals surface area contributed by atoms with Crippen molar-refractivity contribution in [2.75, 3.05) is 16.4 Å². The topological polar surface area (TPSA) is 135 Å². The van der Waals surface area contributed by atoms with Gasteiger partial charge in [-0.05, 0) is 47.9 Å². The van der Waals surface area contributed by atoms with Gasteiger partial charge < -0.3 is 11.1 Å². The Morgan fingerprint density at radius 1 is 0.892 bits per heavy atom. The number of anilines is 3. The molecule has 2 aromatic heterocycles. The van der Waals surface area contributed by atoms with Gasteiger partial charge in [-0.1, -0.05) is 60.7 Å². The summed E-state index contributed by atoms with van der Waals surface area (Å²) >= 11 is 0. The highest BCUT2D eigenvalue weighted by Gasteiger charge is 2.11. The predicted molar refractivity (Wildman–Crippen MR) is 142 cm³/mol. The zero-order valence-corrected chi connectivity index (χ0v) is 19.7. The number of hydrogen-bond acceptors (Lipinski definition) is 6. The lowest BCUT2D eigenvalue weighted by molar-refractivity contribution is 0.262. The van der Waals surface area contributed by atoms with E-state index in [-0.39, 0.29) is 0 Å². The molecule has 0 radical (unpaired) electrons. The number of urea groups is 1. The van der Waals surface area contributed by atoms with Crippen LogP contribution < -0.4 is 16.4 Å². The van der Waals surface area contributed by atoms with Crippen molar-refractivity contribution in [3.63, 3.8) is 0 Å². The monoisotopic (exact) mass is 486 g/mol. The fourth-order valence-corrected chi connectivity index (χ4v) is 3.85. The van der Waals surface area contributed by atoms with Crippen LogP contribution >= 0.6 is 0 Å². The number of benzene rings is 3. The summed E-state index contributed by atoms with van der Waals surface area (Å²) in [4.78, 5) is 12.7. The highest BCUT2D eigenvalue weighted by molar-refractivity contribution is 5.99. The van der Waals surface area contributed by atoms with Gasteiger partial charge in [0.1, 0.15) is 17.5 Å². The number of amides is 2. The molecule has 0 saturated carbocycles. The average Bonchev–Trinajstić information content (AvgIpc) is 3.31. The summed E-state index contributed by atoms with van der Waals surface area (Å²) in [6.07, 6.45) is 2.04. The van der Waals surface area contributed by atoms with Crippen molar-refractivity contribution in [1.82, 2.24) is 20.0 Å². The van der Waals surface area contributed by atoms with E-state index in [2.05, 4.69) is 25.9 Å². The third kappa shape index (κ3) is 5.28. The van der Waals surface area contributed by atoms with Gasteiger partial charge in [0.05, 0.1) is 17.6 Å². The first-order valence-corrected chi connectivity index (χ1v) is 11.5. The maximum Gasteiger partial charge on any atom is 0.324 e. The van der Waals surface area contributed by atoms with Crippen LogP contribution in [0, 0.1) is 11.3 Å². The van der Waals surface area contributed by atoms with Crippen molar-refractivity contribution < 1.29 is 4.79 Å². The Kier molecular flexibility index (Phi) is 6.55. The van der Waals surface area contributed by atoms with E-state index in [1.54, 1.807) is 6.07 Å². The normalized spacial score (nSPS) is 10.5. The van der Waals surface area contributed by atoms with Crippen molar-refractivity contribution in [1.29, 1.82) is 5.26 Å². The van der Waals surface area contributed by atoms with Crippen LogP contribution in [0.2, 0.25) is 0 Å². The summed E-state index contributed by atoms with van der Waals surface area (Å²) in [5.41, 5.74) is 11.4. The molecular weight excluding hydrogens is 464 g/mol. The Bertz CT molecular complexity index is 1570. The minimum absolute atomic E-state index is 0.301. The molecule has 9 nitrogen and oxygen atoms in total. The third-order valence-corrected chi connectivity index (χ3v) is 5.74. The first kappa shape index (κ1) is 23.3. The maximum atomic E-state index is 12.7. The highest BCUT2D eigenvalue weighted by atomic mass is 16.2. The number of aromatic nitrogens is 4. The molecule has 0 aliphatic carbocycles. The number of nitriles is 1. The number of hydrogen-bond donors (Lipinski definition) is 3. The Balaban J connectivity index is 1.25. The van der Waals surface area contributed by atoms with E-state index in [4.69, 9.17) is 11.0 Å². The van der Waals surface area contributed by atoms with E-state index in [0.29, 0.717) is 29.3 Å². The summed E-state index contributed by atoms with van der Waals surface area (Å²) in [7, 11) is 0. The summed E-state index contributed by atoms with van der Waals surface area (Å²) in [6.45, 7) is 0. The number of nitrogens with zero attached hydrogens (tertiary/aromatic N) is 5. The predicted octanol–water partition coefficient (Wildman–Crippen LogP) is 5.02. The van der Waals surface area contributed by atoms with E-state index in [1.165, 1.54) is 10.9 Å². The zero-order valence-electron chi connectivity index (χ0n) is 19.7. The largest absolute Gasteiger partial charge is 0.382 e.